The molecule has 1 amide bonds. The SMILES string of the molecule is CCCCCCC(C)CC(=O)N1CCC(O)CC1. The zero-order valence-corrected chi connectivity index (χ0v) is 12.0. The number of aliphatic hydroxyl groups is 1. The zero-order chi connectivity index (χ0) is 13.4. The maximum atomic E-state index is 12.0. The van der Waals surface area contributed by atoms with Crippen molar-refractivity contribution in [3.63, 3.8) is 0 Å². The third-order valence-corrected chi connectivity index (χ3v) is 3.89. The van der Waals surface area contributed by atoms with Gasteiger partial charge in [-0.1, -0.05) is 46.0 Å². The van der Waals surface area contributed by atoms with E-state index in [1.807, 2.05) is 4.90 Å². The Kier molecular flexibility index (Phi) is 7.33. The van der Waals surface area contributed by atoms with Gasteiger partial charge in [0, 0.05) is 19.5 Å². The van der Waals surface area contributed by atoms with Crippen LogP contribution >= 0.6 is 0 Å². The molecule has 3 heteroatoms. The average Bonchev–Trinajstić information content (AvgIpc) is 2.35. The van der Waals surface area contributed by atoms with Crippen LogP contribution in [-0.4, -0.2) is 35.1 Å². The van der Waals surface area contributed by atoms with E-state index in [1.54, 1.807) is 0 Å². The predicted octanol–water partition coefficient (Wildman–Crippen LogP) is 2.97. The predicted molar refractivity (Wildman–Crippen MR) is 74.4 cm³/mol. The molecule has 0 aliphatic carbocycles. The van der Waals surface area contributed by atoms with Gasteiger partial charge in [0.1, 0.15) is 0 Å². The van der Waals surface area contributed by atoms with Gasteiger partial charge in [-0.3, -0.25) is 4.79 Å². The highest BCUT2D eigenvalue weighted by molar-refractivity contribution is 5.76. The Balaban J connectivity index is 2.14. The molecule has 0 bridgehead atoms. The number of hydrogen-bond donors (Lipinski definition) is 1. The first-order valence-electron chi connectivity index (χ1n) is 7.59. The van der Waals surface area contributed by atoms with Gasteiger partial charge in [0.05, 0.1) is 6.10 Å². The Morgan fingerprint density at radius 2 is 1.94 bits per heavy atom. The van der Waals surface area contributed by atoms with Gasteiger partial charge in [-0.2, -0.15) is 0 Å². The number of carbonyl (C=O) groups is 1. The molecule has 1 aliphatic heterocycles. The summed E-state index contributed by atoms with van der Waals surface area (Å²) in [4.78, 5) is 14.0. The van der Waals surface area contributed by atoms with E-state index in [9.17, 15) is 9.90 Å². The van der Waals surface area contributed by atoms with Gasteiger partial charge in [-0.25, -0.2) is 0 Å². The maximum Gasteiger partial charge on any atom is 0.222 e. The summed E-state index contributed by atoms with van der Waals surface area (Å²) in [5.74, 6) is 0.783. The van der Waals surface area contributed by atoms with Crippen molar-refractivity contribution < 1.29 is 9.90 Å². The van der Waals surface area contributed by atoms with Gasteiger partial charge in [0.2, 0.25) is 5.91 Å². The summed E-state index contributed by atoms with van der Waals surface area (Å²) < 4.78 is 0. The number of nitrogens with zero attached hydrogens (tertiary/aromatic N) is 1. The second kappa shape index (κ2) is 8.52. The summed E-state index contributed by atoms with van der Waals surface area (Å²) in [6.07, 6.45) is 8.28. The van der Waals surface area contributed by atoms with Crippen LogP contribution in [-0.2, 0) is 4.79 Å². The highest BCUT2D eigenvalue weighted by Gasteiger charge is 2.22. The molecule has 106 valence electrons. The van der Waals surface area contributed by atoms with Crippen molar-refractivity contribution in [2.24, 2.45) is 5.92 Å². The molecule has 0 aromatic heterocycles. The number of aliphatic hydroxyl groups excluding tert-OH is 1. The lowest BCUT2D eigenvalue weighted by atomic mass is 9.98. The van der Waals surface area contributed by atoms with Crippen molar-refractivity contribution in [1.82, 2.24) is 4.90 Å². The van der Waals surface area contributed by atoms with E-state index in [2.05, 4.69) is 13.8 Å². The van der Waals surface area contributed by atoms with Gasteiger partial charge in [0.15, 0.2) is 0 Å². The Morgan fingerprint density at radius 1 is 1.28 bits per heavy atom. The van der Waals surface area contributed by atoms with Gasteiger partial charge >= 0.3 is 0 Å². The van der Waals surface area contributed by atoms with Gasteiger partial charge < -0.3 is 10.0 Å². The standard InChI is InChI=1S/C15H29NO2/c1-3-4-5-6-7-13(2)12-15(18)16-10-8-14(17)9-11-16/h13-14,17H,3-12H2,1-2H3. The molecule has 0 saturated carbocycles. The monoisotopic (exact) mass is 255 g/mol. The number of rotatable bonds is 7. The molecule has 0 aromatic carbocycles. The Morgan fingerprint density at radius 3 is 2.56 bits per heavy atom. The normalized spacial score (nSPS) is 18.9. The minimum Gasteiger partial charge on any atom is -0.393 e. The summed E-state index contributed by atoms with van der Waals surface area (Å²) in [6, 6.07) is 0. The topological polar surface area (TPSA) is 40.5 Å². The van der Waals surface area contributed by atoms with Gasteiger partial charge in [0.25, 0.3) is 0 Å². The van der Waals surface area contributed by atoms with Crippen molar-refractivity contribution >= 4 is 5.91 Å². The van der Waals surface area contributed by atoms with Gasteiger partial charge in [-0.05, 0) is 18.8 Å². The quantitative estimate of drug-likeness (QED) is 0.711. The molecule has 1 unspecified atom stereocenters. The number of likely N-dealkylation sites (tertiary alicyclic amines) is 1. The largest absolute Gasteiger partial charge is 0.393 e. The zero-order valence-electron chi connectivity index (χ0n) is 12.0. The molecule has 0 spiro atoms. The smallest absolute Gasteiger partial charge is 0.222 e. The first-order chi connectivity index (χ1) is 8.63. The number of piperidine rings is 1. The van der Waals surface area contributed by atoms with Gasteiger partial charge in [-0.15, -0.1) is 0 Å². The van der Waals surface area contributed by atoms with Crippen LogP contribution in [0.2, 0.25) is 0 Å². The number of amides is 1. The molecule has 0 aromatic rings. The number of carbonyl (C=O) groups excluding carboxylic acids is 1. The van der Waals surface area contributed by atoms with Crippen LogP contribution in [0.5, 0.6) is 0 Å². The molecule has 1 rings (SSSR count). The van der Waals surface area contributed by atoms with Crippen molar-refractivity contribution in [1.29, 1.82) is 0 Å². The van der Waals surface area contributed by atoms with Crippen LogP contribution in [0.1, 0.15) is 65.2 Å². The van der Waals surface area contributed by atoms with Crippen LogP contribution in [0.3, 0.4) is 0 Å². The van der Waals surface area contributed by atoms with Crippen LogP contribution < -0.4 is 0 Å². The van der Waals surface area contributed by atoms with E-state index in [1.165, 1.54) is 32.1 Å². The third-order valence-electron chi connectivity index (χ3n) is 3.89. The summed E-state index contributed by atoms with van der Waals surface area (Å²) in [5, 5.41) is 9.42. The van der Waals surface area contributed by atoms with Crippen LogP contribution in [0.4, 0.5) is 0 Å². The minimum atomic E-state index is -0.194. The van der Waals surface area contributed by atoms with E-state index in [-0.39, 0.29) is 12.0 Å². The lowest BCUT2D eigenvalue weighted by molar-refractivity contribution is -0.134. The molecule has 18 heavy (non-hydrogen) atoms. The number of unbranched alkanes of at least 4 members (excludes halogenated alkanes) is 3. The molecule has 1 heterocycles. The fourth-order valence-electron chi connectivity index (χ4n) is 2.56. The first-order valence-corrected chi connectivity index (χ1v) is 7.59. The summed E-state index contributed by atoms with van der Waals surface area (Å²) in [7, 11) is 0. The molecule has 0 radical (unpaired) electrons. The highest BCUT2D eigenvalue weighted by atomic mass is 16.3. The lowest BCUT2D eigenvalue weighted by Crippen LogP contribution is -2.40. The highest BCUT2D eigenvalue weighted by Crippen LogP contribution is 2.17. The number of hydrogen-bond acceptors (Lipinski definition) is 2. The fourth-order valence-corrected chi connectivity index (χ4v) is 2.56. The van der Waals surface area contributed by atoms with Crippen molar-refractivity contribution in [3.8, 4) is 0 Å². The second-order valence-corrected chi connectivity index (χ2v) is 5.77. The Hall–Kier alpha value is -0.570. The van der Waals surface area contributed by atoms with E-state index in [4.69, 9.17) is 0 Å². The maximum absolute atomic E-state index is 12.0. The lowest BCUT2D eigenvalue weighted by Gasteiger charge is -2.30. The molecule has 3 nitrogen and oxygen atoms in total. The Bertz CT molecular complexity index is 235. The molecule has 1 fully saturated rings. The first kappa shape index (κ1) is 15.5. The molecule has 1 atom stereocenters. The Labute approximate surface area is 112 Å². The second-order valence-electron chi connectivity index (χ2n) is 5.77. The van der Waals surface area contributed by atoms with Crippen LogP contribution in [0.15, 0.2) is 0 Å². The van der Waals surface area contributed by atoms with Crippen LogP contribution in [0, 0.1) is 5.92 Å². The molecule has 1 N–H and O–H groups in total. The van der Waals surface area contributed by atoms with E-state index >= 15 is 0 Å². The molecular formula is C15H29NO2. The average molecular weight is 255 g/mol. The fraction of sp³-hybridized carbons (Fsp3) is 0.933. The van der Waals surface area contributed by atoms with Crippen molar-refractivity contribution in [3.05, 3.63) is 0 Å². The summed E-state index contributed by atoms with van der Waals surface area (Å²) in [5.41, 5.74) is 0. The van der Waals surface area contributed by atoms with E-state index in [0.717, 1.165) is 25.9 Å². The van der Waals surface area contributed by atoms with Crippen molar-refractivity contribution in [2.45, 2.75) is 71.3 Å². The van der Waals surface area contributed by atoms with Crippen LogP contribution in [0.25, 0.3) is 0 Å². The van der Waals surface area contributed by atoms with E-state index < -0.39 is 0 Å². The molecule has 1 aliphatic rings. The third kappa shape index (κ3) is 5.85. The van der Waals surface area contributed by atoms with E-state index in [0.29, 0.717) is 12.3 Å². The summed E-state index contributed by atoms with van der Waals surface area (Å²) in [6.45, 7) is 5.88. The van der Waals surface area contributed by atoms with Crippen molar-refractivity contribution in [2.75, 3.05) is 13.1 Å². The summed E-state index contributed by atoms with van der Waals surface area (Å²) >= 11 is 0. The molecular weight excluding hydrogens is 226 g/mol. The minimum absolute atomic E-state index is 0.194. The molecule has 1 saturated heterocycles.